The maximum atomic E-state index is 15.2. The first kappa shape index (κ1) is 22.5. The van der Waals surface area contributed by atoms with Gasteiger partial charge >= 0.3 is 0 Å². The number of benzene rings is 2. The van der Waals surface area contributed by atoms with Gasteiger partial charge in [-0.15, -0.1) is 0 Å². The van der Waals surface area contributed by atoms with Crippen LogP contribution in [0.4, 0.5) is 8.78 Å². The number of sulfone groups is 1. The van der Waals surface area contributed by atoms with Gasteiger partial charge in [-0.3, -0.25) is 0 Å². The highest BCUT2D eigenvalue weighted by Gasteiger charge is 2.59. The summed E-state index contributed by atoms with van der Waals surface area (Å²) in [4.78, 5) is 0.0481. The van der Waals surface area contributed by atoms with Gasteiger partial charge in [-0.2, -0.15) is 0 Å². The summed E-state index contributed by atoms with van der Waals surface area (Å²) in [5, 5.41) is 3.89. The molecule has 1 saturated carbocycles. The van der Waals surface area contributed by atoms with Crippen LogP contribution in [0.5, 0.6) is 5.75 Å². The second kappa shape index (κ2) is 8.34. The molecule has 1 heterocycles. The van der Waals surface area contributed by atoms with Crippen LogP contribution in [0, 0.1) is 23.5 Å². The van der Waals surface area contributed by atoms with Crippen LogP contribution >= 0.6 is 11.6 Å². The van der Waals surface area contributed by atoms with Gasteiger partial charge in [0.15, 0.2) is 21.4 Å². The van der Waals surface area contributed by atoms with Gasteiger partial charge in [0.05, 0.1) is 17.1 Å². The van der Waals surface area contributed by atoms with E-state index in [1.165, 1.54) is 24.3 Å². The number of nitrogens with one attached hydrogen (secondary N) is 1. The van der Waals surface area contributed by atoms with Gasteiger partial charge < -0.3 is 10.1 Å². The van der Waals surface area contributed by atoms with Crippen molar-refractivity contribution in [2.24, 2.45) is 11.8 Å². The molecule has 1 aliphatic heterocycles. The molecule has 0 radical (unpaired) electrons. The minimum atomic E-state index is -4.08. The third-order valence-corrected chi connectivity index (χ3v) is 9.27. The lowest BCUT2D eigenvalue weighted by Crippen LogP contribution is -2.55. The normalized spacial score (nSPS) is 25.6. The van der Waals surface area contributed by atoms with Crippen LogP contribution in [0.25, 0.3) is 0 Å². The van der Waals surface area contributed by atoms with Crippen molar-refractivity contribution in [3.8, 4) is 5.75 Å². The molecule has 0 saturated heterocycles. The lowest BCUT2D eigenvalue weighted by molar-refractivity contribution is 0.107. The van der Waals surface area contributed by atoms with E-state index < -0.39 is 32.1 Å². The SMILES string of the molecule is CC(C)CN[C@@H]1CC[C@@]2(S(=O)(=O)c3ccc(Cl)cc3)c3c(F)ccc(F)c3OC[C@H]2C1. The van der Waals surface area contributed by atoms with E-state index in [9.17, 15) is 12.8 Å². The van der Waals surface area contributed by atoms with E-state index >= 15 is 4.39 Å². The zero-order valence-electron chi connectivity index (χ0n) is 17.5. The lowest BCUT2D eigenvalue weighted by atomic mass is 9.71. The highest BCUT2D eigenvalue weighted by molar-refractivity contribution is 7.92. The predicted octanol–water partition coefficient (Wildman–Crippen LogP) is 5.09. The molecule has 0 unspecified atom stereocenters. The van der Waals surface area contributed by atoms with Gasteiger partial charge in [0, 0.05) is 17.0 Å². The molecule has 0 amide bonds. The minimum Gasteiger partial charge on any atom is -0.490 e. The second-order valence-electron chi connectivity index (χ2n) is 8.86. The van der Waals surface area contributed by atoms with E-state index in [-0.39, 0.29) is 35.3 Å². The molecule has 168 valence electrons. The zero-order valence-corrected chi connectivity index (χ0v) is 19.1. The summed E-state index contributed by atoms with van der Waals surface area (Å²) < 4.78 is 61.9. The Kier molecular flexibility index (Phi) is 6.05. The maximum Gasteiger partial charge on any atom is 0.188 e. The van der Waals surface area contributed by atoms with E-state index in [2.05, 4.69) is 19.2 Å². The predicted molar refractivity (Wildman–Crippen MR) is 116 cm³/mol. The zero-order chi connectivity index (χ0) is 22.4. The van der Waals surface area contributed by atoms with Crippen molar-refractivity contribution >= 4 is 21.4 Å². The topological polar surface area (TPSA) is 55.4 Å². The fourth-order valence-electron chi connectivity index (χ4n) is 4.93. The molecule has 4 rings (SSSR count). The molecule has 1 fully saturated rings. The van der Waals surface area contributed by atoms with Crippen molar-refractivity contribution < 1.29 is 21.9 Å². The fraction of sp³-hybridized carbons (Fsp3) is 0.478. The van der Waals surface area contributed by atoms with Gasteiger partial charge in [-0.25, -0.2) is 17.2 Å². The van der Waals surface area contributed by atoms with Crippen molar-refractivity contribution in [2.45, 2.75) is 48.8 Å². The van der Waals surface area contributed by atoms with Crippen LogP contribution in [0.1, 0.15) is 38.7 Å². The number of ether oxygens (including phenoxy) is 1. The molecule has 1 aliphatic carbocycles. The molecular weight excluding hydrogens is 444 g/mol. The van der Waals surface area contributed by atoms with Crippen LogP contribution in [0.15, 0.2) is 41.3 Å². The molecule has 31 heavy (non-hydrogen) atoms. The summed E-state index contributed by atoms with van der Waals surface area (Å²) in [6.45, 7) is 5.02. The molecule has 0 spiro atoms. The first-order valence-corrected chi connectivity index (χ1v) is 12.4. The number of hydrogen-bond donors (Lipinski definition) is 1. The fourth-order valence-corrected chi connectivity index (χ4v) is 7.42. The van der Waals surface area contributed by atoms with Crippen molar-refractivity contribution in [1.82, 2.24) is 5.32 Å². The Bertz CT molecular complexity index is 1070. The standard InChI is InChI=1S/C23H26ClF2NO3S/c1-14(2)12-27-17-9-10-23(31(28,29)18-5-3-16(24)4-6-18)15(11-17)13-30-22-20(26)8-7-19(25)21(22)23/h3-8,14-15,17,27H,9-13H2,1-2H3/t15-,17-,23+/m1/s1. The number of halogens is 3. The Balaban J connectivity index is 1.86. The highest BCUT2D eigenvalue weighted by Crippen LogP contribution is 2.56. The number of hydrogen-bond acceptors (Lipinski definition) is 4. The monoisotopic (exact) mass is 469 g/mol. The molecule has 0 aromatic heterocycles. The van der Waals surface area contributed by atoms with Crippen LogP contribution in [-0.4, -0.2) is 27.6 Å². The third-order valence-electron chi connectivity index (χ3n) is 6.42. The Morgan fingerprint density at radius 1 is 1.16 bits per heavy atom. The summed E-state index contributed by atoms with van der Waals surface area (Å²) in [5.74, 6) is -1.87. The molecule has 3 atom stereocenters. The summed E-state index contributed by atoms with van der Waals surface area (Å²) in [6.07, 6.45) is 1.20. The Morgan fingerprint density at radius 2 is 1.84 bits per heavy atom. The first-order chi connectivity index (χ1) is 14.7. The summed E-state index contributed by atoms with van der Waals surface area (Å²) >= 11 is 5.96. The van der Waals surface area contributed by atoms with Crippen LogP contribution in [-0.2, 0) is 14.6 Å². The lowest BCUT2D eigenvalue weighted by Gasteiger charge is -2.49. The van der Waals surface area contributed by atoms with E-state index in [4.69, 9.17) is 16.3 Å². The van der Waals surface area contributed by atoms with Crippen molar-refractivity contribution in [1.29, 1.82) is 0 Å². The molecule has 4 nitrogen and oxygen atoms in total. The highest BCUT2D eigenvalue weighted by atomic mass is 35.5. The van der Waals surface area contributed by atoms with Crippen molar-refractivity contribution in [3.63, 3.8) is 0 Å². The third kappa shape index (κ3) is 3.74. The van der Waals surface area contributed by atoms with E-state index in [0.717, 1.165) is 18.7 Å². The molecule has 8 heteroatoms. The first-order valence-electron chi connectivity index (χ1n) is 10.5. The summed E-state index contributed by atoms with van der Waals surface area (Å²) in [6, 6.07) is 7.91. The molecule has 2 aromatic rings. The second-order valence-corrected chi connectivity index (χ2v) is 11.5. The van der Waals surface area contributed by atoms with Crippen LogP contribution in [0.2, 0.25) is 5.02 Å². The molecule has 1 N–H and O–H groups in total. The van der Waals surface area contributed by atoms with E-state index in [1.54, 1.807) is 0 Å². The quantitative estimate of drug-likeness (QED) is 0.662. The average molecular weight is 470 g/mol. The Hall–Kier alpha value is -1.70. The van der Waals surface area contributed by atoms with Gasteiger partial charge in [-0.05, 0) is 68.1 Å². The van der Waals surface area contributed by atoms with E-state index in [0.29, 0.717) is 23.8 Å². The summed E-state index contributed by atoms with van der Waals surface area (Å²) in [7, 11) is -4.08. The van der Waals surface area contributed by atoms with Gasteiger partial charge in [-0.1, -0.05) is 25.4 Å². The average Bonchev–Trinajstić information content (AvgIpc) is 2.74. The number of fused-ring (bicyclic) bond motifs is 3. The maximum absolute atomic E-state index is 15.2. The van der Waals surface area contributed by atoms with Crippen molar-refractivity contribution in [3.05, 3.63) is 58.6 Å². The Labute approximate surface area is 186 Å². The van der Waals surface area contributed by atoms with Crippen molar-refractivity contribution in [2.75, 3.05) is 13.2 Å². The molecular formula is C23H26ClF2NO3S. The largest absolute Gasteiger partial charge is 0.490 e. The van der Waals surface area contributed by atoms with E-state index in [1.807, 2.05) is 0 Å². The Morgan fingerprint density at radius 3 is 2.52 bits per heavy atom. The van der Waals surface area contributed by atoms with Crippen LogP contribution < -0.4 is 10.1 Å². The minimum absolute atomic E-state index is 0.0139. The number of rotatable bonds is 5. The van der Waals surface area contributed by atoms with Gasteiger partial charge in [0.1, 0.15) is 10.6 Å². The molecule has 0 bridgehead atoms. The smallest absolute Gasteiger partial charge is 0.188 e. The molecule has 2 aromatic carbocycles. The molecule has 2 aliphatic rings. The van der Waals surface area contributed by atoms with Gasteiger partial charge in [0.2, 0.25) is 0 Å². The van der Waals surface area contributed by atoms with Crippen LogP contribution in [0.3, 0.4) is 0 Å². The van der Waals surface area contributed by atoms with Gasteiger partial charge in [0.25, 0.3) is 0 Å². The summed E-state index contributed by atoms with van der Waals surface area (Å²) in [5.41, 5.74) is -0.180.